The minimum atomic E-state index is -0.935. The van der Waals surface area contributed by atoms with Crippen LogP contribution in [-0.4, -0.2) is 22.3 Å². The SMILES string of the molecule is Cc1csc(NN=Cc2ccc(C(=O)O)cc2)n1. The van der Waals surface area contributed by atoms with Gasteiger partial charge in [0.05, 0.1) is 17.5 Å². The lowest BCUT2D eigenvalue weighted by atomic mass is 10.1. The molecule has 2 aromatic rings. The van der Waals surface area contributed by atoms with Crippen molar-refractivity contribution in [2.75, 3.05) is 5.43 Å². The predicted molar refractivity (Wildman–Crippen MR) is 71.5 cm³/mol. The quantitative estimate of drug-likeness (QED) is 0.655. The molecule has 0 aliphatic carbocycles. The lowest BCUT2D eigenvalue weighted by Gasteiger charge is -1.96. The first-order valence-corrected chi connectivity index (χ1v) is 6.07. The molecule has 0 aliphatic heterocycles. The smallest absolute Gasteiger partial charge is 0.335 e. The van der Waals surface area contributed by atoms with Gasteiger partial charge in [0.2, 0.25) is 5.13 Å². The summed E-state index contributed by atoms with van der Waals surface area (Å²) in [4.78, 5) is 14.9. The molecule has 2 rings (SSSR count). The second kappa shape index (κ2) is 5.42. The van der Waals surface area contributed by atoms with Crippen molar-refractivity contribution in [3.8, 4) is 0 Å². The molecule has 0 spiro atoms. The zero-order chi connectivity index (χ0) is 13.0. The van der Waals surface area contributed by atoms with E-state index in [1.54, 1.807) is 18.3 Å². The van der Waals surface area contributed by atoms with Gasteiger partial charge in [-0.1, -0.05) is 12.1 Å². The molecule has 2 N–H and O–H groups in total. The van der Waals surface area contributed by atoms with Gasteiger partial charge in [-0.05, 0) is 24.6 Å². The van der Waals surface area contributed by atoms with Crippen LogP contribution in [0.5, 0.6) is 0 Å². The van der Waals surface area contributed by atoms with E-state index < -0.39 is 5.97 Å². The van der Waals surface area contributed by atoms with Crippen LogP contribution in [0.2, 0.25) is 0 Å². The number of hydrogen-bond donors (Lipinski definition) is 2. The van der Waals surface area contributed by atoms with E-state index in [1.807, 2.05) is 12.3 Å². The van der Waals surface area contributed by atoms with E-state index in [2.05, 4.69) is 15.5 Å². The highest BCUT2D eigenvalue weighted by Gasteiger charge is 2.00. The molecular weight excluding hydrogens is 250 g/mol. The Morgan fingerprint density at radius 1 is 1.44 bits per heavy atom. The van der Waals surface area contributed by atoms with E-state index >= 15 is 0 Å². The fourth-order valence-corrected chi connectivity index (χ4v) is 1.92. The Morgan fingerprint density at radius 2 is 2.17 bits per heavy atom. The predicted octanol–water partition coefficient (Wildman–Crippen LogP) is 2.60. The van der Waals surface area contributed by atoms with Crippen molar-refractivity contribution in [2.24, 2.45) is 5.10 Å². The van der Waals surface area contributed by atoms with Gasteiger partial charge in [0.1, 0.15) is 0 Å². The van der Waals surface area contributed by atoms with E-state index in [0.717, 1.165) is 16.4 Å². The summed E-state index contributed by atoms with van der Waals surface area (Å²) in [6, 6.07) is 6.47. The standard InChI is InChI=1S/C12H11N3O2S/c1-8-7-18-12(14-8)15-13-6-9-2-4-10(5-3-9)11(16)17/h2-7H,1H3,(H,14,15)(H,16,17). The molecule has 0 fully saturated rings. The lowest BCUT2D eigenvalue weighted by molar-refractivity contribution is 0.0697. The first kappa shape index (κ1) is 12.3. The van der Waals surface area contributed by atoms with Gasteiger partial charge in [-0.25, -0.2) is 9.78 Å². The van der Waals surface area contributed by atoms with Crippen LogP contribution in [-0.2, 0) is 0 Å². The number of carbonyl (C=O) groups is 1. The van der Waals surface area contributed by atoms with Crippen molar-refractivity contribution < 1.29 is 9.90 Å². The minimum absolute atomic E-state index is 0.260. The first-order chi connectivity index (χ1) is 8.65. The highest BCUT2D eigenvalue weighted by atomic mass is 32.1. The minimum Gasteiger partial charge on any atom is -0.478 e. The molecule has 6 heteroatoms. The van der Waals surface area contributed by atoms with Gasteiger partial charge < -0.3 is 5.11 Å². The van der Waals surface area contributed by atoms with Crippen LogP contribution in [0.25, 0.3) is 0 Å². The molecule has 0 unspecified atom stereocenters. The molecule has 5 nitrogen and oxygen atoms in total. The summed E-state index contributed by atoms with van der Waals surface area (Å²) in [5, 5.41) is 15.4. The summed E-state index contributed by atoms with van der Waals surface area (Å²) >= 11 is 1.48. The van der Waals surface area contributed by atoms with E-state index in [1.165, 1.54) is 23.5 Å². The molecular formula is C12H11N3O2S. The fraction of sp³-hybridized carbons (Fsp3) is 0.0833. The molecule has 0 saturated heterocycles. The molecule has 92 valence electrons. The second-order valence-corrected chi connectivity index (χ2v) is 4.45. The largest absolute Gasteiger partial charge is 0.478 e. The number of benzene rings is 1. The van der Waals surface area contributed by atoms with Gasteiger partial charge in [-0.2, -0.15) is 5.10 Å². The molecule has 1 aromatic carbocycles. The number of hydrogen-bond acceptors (Lipinski definition) is 5. The zero-order valence-corrected chi connectivity index (χ0v) is 10.4. The molecule has 0 amide bonds. The van der Waals surface area contributed by atoms with E-state index in [9.17, 15) is 4.79 Å². The summed E-state index contributed by atoms with van der Waals surface area (Å²) in [6.07, 6.45) is 1.61. The number of aromatic carboxylic acids is 1. The van der Waals surface area contributed by atoms with Crippen LogP contribution in [0.3, 0.4) is 0 Å². The maximum Gasteiger partial charge on any atom is 0.335 e. The number of nitrogens with zero attached hydrogens (tertiary/aromatic N) is 2. The highest BCUT2D eigenvalue weighted by molar-refractivity contribution is 7.13. The van der Waals surface area contributed by atoms with Gasteiger partial charge in [0.15, 0.2) is 0 Å². The number of carboxylic acid groups (broad SMARTS) is 1. The number of carboxylic acids is 1. The number of hydrazone groups is 1. The van der Waals surface area contributed by atoms with Crippen molar-refractivity contribution in [3.05, 3.63) is 46.5 Å². The van der Waals surface area contributed by atoms with Crippen LogP contribution < -0.4 is 5.43 Å². The molecule has 0 radical (unpaired) electrons. The van der Waals surface area contributed by atoms with Crippen molar-refractivity contribution in [2.45, 2.75) is 6.92 Å². The average Bonchev–Trinajstić information content (AvgIpc) is 2.76. The Balaban J connectivity index is 1.98. The number of thiazole rings is 1. The number of aryl methyl sites for hydroxylation is 1. The second-order valence-electron chi connectivity index (χ2n) is 3.59. The lowest BCUT2D eigenvalue weighted by Crippen LogP contribution is -1.96. The molecule has 18 heavy (non-hydrogen) atoms. The van der Waals surface area contributed by atoms with Crippen molar-refractivity contribution in [1.82, 2.24) is 4.98 Å². The van der Waals surface area contributed by atoms with Crippen LogP contribution >= 0.6 is 11.3 Å². The zero-order valence-electron chi connectivity index (χ0n) is 9.62. The summed E-state index contributed by atoms with van der Waals surface area (Å²) in [5.74, 6) is -0.935. The Hall–Kier alpha value is -2.21. The van der Waals surface area contributed by atoms with E-state index in [0.29, 0.717) is 0 Å². The third-order valence-corrected chi connectivity index (χ3v) is 3.02. The normalized spacial score (nSPS) is 10.7. The van der Waals surface area contributed by atoms with Gasteiger partial charge in [-0.3, -0.25) is 5.43 Å². The Labute approximate surface area is 108 Å². The van der Waals surface area contributed by atoms with Crippen LogP contribution in [0.15, 0.2) is 34.7 Å². The van der Waals surface area contributed by atoms with E-state index in [-0.39, 0.29) is 5.56 Å². The Morgan fingerprint density at radius 3 is 2.72 bits per heavy atom. The van der Waals surface area contributed by atoms with Gasteiger partial charge in [-0.15, -0.1) is 11.3 Å². The summed E-state index contributed by atoms with van der Waals surface area (Å²) < 4.78 is 0. The average molecular weight is 261 g/mol. The number of aromatic nitrogens is 1. The van der Waals surface area contributed by atoms with Gasteiger partial charge >= 0.3 is 5.97 Å². The maximum absolute atomic E-state index is 10.7. The van der Waals surface area contributed by atoms with Crippen LogP contribution in [0, 0.1) is 6.92 Å². The fourth-order valence-electron chi connectivity index (χ4n) is 1.28. The monoisotopic (exact) mass is 261 g/mol. The molecule has 0 aliphatic rings. The highest BCUT2D eigenvalue weighted by Crippen LogP contribution is 2.13. The first-order valence-electron chi connectivity index (χ1n) is 5.20. The van der Waals surface area contributed by atoms with E-state index in [4.69, 9.17) is 5.11 Å². The maximum atomic E-state index is 10.7. The van der Waals surface area contributed by atoms with Gasteiger partial charge in [0, 0.05) is 5.38 Å². The number of nitrogens with one attached hydrogen (secondary N) is 1. The van der Waals surface area contributed by atoms with Crippen molar-refractivity contribution >= 4 is 28.7 Å². The Kier molecular flexibility index (Phi) is 3.69. The third-order valence-electron chi connectivity index (χ3n) is 2.15. The Bertz CT molecular complexity index is 575. The third kappa shape index (κ3) is 3.14. The molecule has 0 atom stereocenters. The summed E-state index contributed by atoms with van der Waals surface area (Å²) in [5.41, 5.74) is 4.84. The summed E-state index contributed by atoms with van der Waals surface area (Å²) in [7, 11) is 0. The number of rotatable bonds is 4. The summed E-state index contributed by atoms with van der Waals surface area (Å²) in [6.45, 7) is 1.91. The van der Waals surface area contributed by atoms with Crippen molar-refractivity contribution in [1.29, 1.82) is 0 Å². The van der Waals surface area contributed by atoms with Crippen molar-refractivity contribution in [3.63, 3.8) is 0 Å². The number of anilines is 1. The van der Waals surface area contributed by atoms with Crippen LogP contribution in [0.4, 0.5) is 5.13 Å². The topological polar surface area (TPSA) is 74.6 Å². The van der Waals surface area contributed by atoms with Gasteiger partial charge in [0.25, 0.3) is 0 Å². The molecule has 1 aromatic heterocycles. The van der Waals surface area contributed by atoms with Crippen LogP contribution in [0.1, 0.15) is 21.6 Å². The molecule has 0 bridgehead atoms. The molecule has 0 saturated carbocycles. The molecule has 1 heterocycles.